The van der Waals surface area contributed by atoms with E-state index in [-0.39, 0.29) is 85.6 Å². The molecule has 3 saturated heterocycles. The Balaban J connectivity index is 0.000000169. The molecular formula is C74H96BrCl3N18NaO4S3-. The molecule has 0 bridgehead atoms. The number of anilines is 3. The fourth-order valence-electron chi connectivity index (χ4n) is 15.4. The summed E-state index contributed by atoms with van der Waals surface area (Å²) >= 11 is 24.6. The number of imidazole rings is 3. The number of carbonyl (C=O) groups is 2. The first kappa shape index (κ1) is 82.7. The average molecular weight is 1610 g/mol. The van der Waals surface area contributed by atoms with Crippen LogP contribution in [0.4, 0.5) is 27.4 Å². The zero-order chi connectivity index (χ0) is 71.4. The molecule has 4 N–H and O–H groups in total. The molecule has 3 aliphatic heterocycles. The second kappa shape index (κ2) is 35.3. The number of thiol groups is 1. The normalized spacial score (nSPS) is 19.4. The van der Waals surface area contributed by atoms with Crippen LogP contribution in [0.5, 0.6) is 0 Å². The van der Waals surface area contributed by atoms with Crippen LogP contribution in [0.25, 0.3) is 16.9 Å². The van der Waals surface area contributed by atoms with Gasteiger partial charge in [0.05, 0.1) is 9.79 Å². The van der Waals surface area contributed by atoms with Gasteiger partial charge in [-0.3, -0.25) is 18.8 Å². The summed E-state index contributed by atoms with van der Waals surface area (Å²) in [7, 11) is 0. The number of piperidine rings is 3. The van der Waals surface area contributed by atoms with E-state index in [1.807, 2.05) is 128 Å². The molecule has 0 aromatic carbocycles. The minimum atomic E-state index is -0.492. The van der Waals surface area contributed by atoms with Crippen molar-refractivity contribution >= 4 is 135 Å². The summed E-state index contributed by atoms with van der Waals surface area (Å²) in [6.07, 6.45) is 38.2. The molecule has 3 atom stereocenters. The molecule has 6 aliphatic rings. The number of rotatable bonds is 9. The fraction of sp³-hybridized carbons (Fsp3) is 0.527. The van der Waals surface area contributed by atoms with E-state index in [4.69, 9.17) is 60.0 Å². The van der Waals surface area contributed by atoms with Crippen molar-refractivity contribution in [1.29, 1.82) is 0 Å². The van der Waals surface area contributed by atoms with E-state index >= 15 is 0 Å². The molecule has 3 spiro atoms. The summed E-state index contributed by atoms with van der Waals surface area (Å²) < 4.78 is 18.2. The van der Waals surface area contributed by atoms with Gasteiger partial charge in [0.2, 0.25) is 17.8 Å². The van der Waals surface area contributed by atoms with Crippen LogP contribution in [0.2, 0.25) is 15.5 Å². The Labute approximate surface area is 672 Å². The predicted molar refractivity (Wildman–Crippen MR) is 419 cm³/mol. The van der Waals surface area contributed by atoms with E-state index in [1.165, 1.54) is 19.3 Å². The Morgan fingerprint density at radius 1 is 0.529 bits per heavy atom. The van der Waals surface area contributed by atoms with E-state index in [9.17, 15) is 9.59 Å². The van der Waals surface area contributed by atoms with Crippen molar-refractivity contribution in [2.75, 3.05) is 54.0 Å². The molecule has 3 aliphatic carbocycles. The summed E-state index contributed by atoms with van der Waals surface area (Å²) in [5.74, 6) is 2.79. The van der Waals surface area contributed by atoms with Crippen LogP contribution in [0, 0.1) is 43.1 Å². The molecular weight excluding hydrogens is 1510 g/mol. The number of nitrogens with one attached hydrogen (secondary N) is 2. The number of nitrogens with two attached hydrogens (primary N) is 1. The third kappa shape index (κ3) is 19.0. The Kier molecular flexibility index (Phi) is 28.1. The molecule has 554 valence electrons. The molecule has 9 aromatic heterocycles. The monoisotopic (exact) mass is 1600 g/mol. The van der Waals surface area contributed by atoms with Gasteiger partial charge in [-0.15, -0.1) is 6.20 Å². The molecule has 2 amide bonds. The van der Waals surface area contributed by atoms with Gasteiger partial charge >= 0.3 is 41.7 Å². The number of alkyl carbamates (subject to hydrolysis) is 2. The Bertz CT molecular complexity index is 4380. The Hall–Kier alpha value is -5.39. The van der Waals surface area contributed by atoms with Crippen molar-refractivity contribution in [1.82, 2.24) is 68.7 Å². The number of halogens is 4. The topological polar surface area (TPSA) is 242 Å². The number of amides is 2. The number of carbonyl (C=O) groups excluding carboxylic acids is 2. The molecule has 15 rings (SSSR count). The largest absolute Gasteiger partial charge is 1.00 e. The summed E-state index contributed by atoms with van der Waals surface area (Å²) in [4.78, 5) is 75.8. The van der Waals surface area contributed by atoms with Gasteiger partial charge in [0.25, 0.3) is 0 Å². The minimum absolute atomic E-state index is 0. The molecule has 104 heavy (non-hydrogen) atoms. The summed E-state index contributed by atoms with van der Waals surface area (Å²) in [6, 6.07) is 9.58. The number of nitrogens with zero attached hydrogens (tertiary/aromatic N) is 15. The predicted octanol–water partition coefficient (Wildman–Crippen LogP) is 13.6. The first-order valence-corrected chi connectivity index (χ1v) is 38.5. The quantitative estimate of drug-likeness (QED) is 0.0400. The van der Waals surface area contributed by atoms with E-state index in [0.29, 0.717) is 26.9 Å². The number of hydrogen-bond acceptors (Lipinski definition) is 20. The van der Waals surface area contributed by atoms with Gasteiger partial charge in [-0.05, 0) is 179 Å². The first-order valence-electron chi connectivity index (χ1n) is 35.0. The number of pyridine rings is 3. The van der Waals surface area contributed by atoms with Crippen molar-refractivity contribution in [3.05, 3.63) is 135 Å². The molecule has 30 heteroatoms. The molecule has 0 radical (unpaired) electrons. The maximum atomic E-state index is 12.5. The molecule has 6 fully saturated rings. The second-order valence-corrected chi connectivity index (χ2v) is 33.6. The Morgan fingerprint density at radius 2 is 0.913 bits per heavy atom. The van der Waals surface area contributed by atoms with Gasteiger partial charge in [0.1, 0.15) is 26.7 Å². The van der Waals surface area contributed by atoms with Crippen LogP contribution >= 0.6 is 74.3 Å². The van der Waals surface area contributed by atoms with Crippen LogP contribution in [-0.4, -0.2) is 139 Å². The van der Waals surface area contributed by atoms with Crippen LogP contribution in [0.3, 0.4) is 0 Å². The van der Waals surface area contributed by atoms with Crippen LogP contribution < -0.4 is 60.6 Å². The van der Waals surface area contributed by atoms with Crippen LogP contribution in [-0.2, 0) is 23.0 Å². The summed E-state index contributed by atoms with van der Waals surface area (Å²) in [5.41, 5.74) is 11.6. The molecule has 22 nitrogen and oxygen atoms in total. The standard InChI is InChI=1S/C26H33ClN6O2S.C21H25ClN6S.C20H28N5O2.C6H5BrClN.CH4.Na.H2S/c1-17-18(7-11-28-21(17)27)36-19-16-30-23(33-15-12-29-22(19)33)32-13-9-26(10-14-32)8-5-6-20(26)31-24(34)35-25(2,3)4;1-14-15(4-8-24-18(14)22)29-16-13-26-20(28-12-9-25-19(16)28)27-10-6-21(7-11-27)5-2-3-17(21)23;1-19(2,3)27-18(26)23-15-5-4-7-20(15)8-12-24(13-9-20)17-22-10-6-16-21-11-14-25(16)17;1-4-5(7)2-3-9-6(4)8;;;/h7,11-12,15-16,20H,5-6,8-10,13-14H2,1-4H3,(H,31,34);4,8-9,12-13,17H,2-3,5-7,10-11,23H2,1H3;10-11,14-15H,4-5,7-9,12-13H2,1-3H3,(H,23,26);2-3H,1H3;1H4;;1H2/q;;-1;;;+1;/p-1/t20-;17-;15-;;;;/m111..../s1. The third-order valence-electron chi connectivity index (χ3n) is 21.0. The van der Waals surface area contributed by atoms with Gasteiger partial charge in [0.15, 0.2) is 11.3 Å². The zero-order valence-corrected chi connectivity index (χ0v) is 68.8. The average Bonchev–Trinajstić information content (AvgIpc) is 1.57. The van der Waals surface area contributed by atoms with Gasteiger partial charge in [-0.2, -0.15) is 0 Å². The maximum Gasteiger partial charge on any atom is 1.00 e. The van der Waals surface area contributed by atoms with E-state index in [1.54, 1.807) is 54.5 Å². The van der Waals surface area contributed by atoms with Crippen LogP contribution in [0.1, 0.15) is 162 Å². The smallest absolute Gasteiger partial charge is 0.813 e. The SMILES string of the molecule is C.CC(C)(C)OC(=O)N[C@@H]1CCCC12CCN(c1nc[c-]c3nccn13)CC2.Cc1c(Br)ccnc1Cl.Cc1c(Sc2cnc(N3CCC4(CCC[C@H]4N)CC3)n3ccnc23)ccnc1Cl.Cc1c(Sc2cnc(N3CCC4(CCC[C@H]4NC(=O)OC(C)(C)C)CC3)n3ccnc23)ccnc1Cl.[Na+].[SH-]. The Morgan fingerprint density at radius 3 is 1.33 bits per heavy atom. The fourth-order valence-corrected chi connectivity index (χ4v) is 18.3. The van der Waals surface area contributed by atoms with Gasteiger partial charge in [-0.1, -0.05) is 101 Å². The number of hydrogen-bond donors (Lipinski definition) is 3. The van der Waals surface area contributed by atoms with Crippen molar-refractivity contribution < 1.29 is 48.6 Å². The maximum absolute atomic E-state index is 12.5. The minimum Gasteiger partial charge on any atom is -0.813 e. The molecule has 3 saturated carbocycles. The first-order chi connectivity index (χ1) is 48.3. The molecule has 9 aromatic rings. The van der Waals surface area contributed by atoms with Crippen molar-refractivity contribution in [3.8, 4) is 0 Å². The summed E-state index contributed by atoms with van der Waals surface area (Å²) in [5, 5.41) is 7.95. The van der Waals surface area contributed by atoms with E-state index in [2.05, 4.69) is 91.0 Å². The number of ether oxygens (including phenoxy) is 2. The third-order valence-corrected chi connectivity index (χ3v) is 25.3. The zero-order valence-electron chi connectivity index (χ0n) is 60.4. The molecule has 0 unspecified atom stereocenters. The van der Waals surface area contributed by atoms with E-state index < -0.39 is 11.2 Å². The molecule has 12 heterocycles. The second-order valence-electron chi connectivity index (χ2n) is 29.5. The van der Waals surface area contributed by atoms with Gasteiger partial charge in [-0.25, -0.2) is 44.5 Å². The van der Waals surface area contributed by atoms with Crippen molar-refractivity contribution in [2.45, 2.75) is 215 Å². The van der Waals surface area contributed by atoms with Gasteiger partial charge in [0, 0.05) is 157 Å². The van der Waals surface area contributed by atoms with Crippen molar-refractivity contribution in [2.24, 2.45) is 22.0 Å². The number of aromatic nitrogens is 12. The van der Waals surface area contributed by atoms with E-state index in [0.717, 1.165) is 192 Å². The van der Waals surface area contributed by atoms with Crippen molar-refractivity contribution in [3.63, 3.8) is 0 Å². The number of fused-ring (bicyclic) bond motifs is 3. The summed E-state index contributed by atoms with van der Waals surface area (Å²) in [6.45, 7) is 22.9. The van der Waals surface area contributed by atoms with Crippen LogP contribution in [0.15, 0.2) is 117 Å². The van der Waals surface area contributed by atoms with Gasteiger partial charge < -0.3 is 64.5 Å².